The second kappa shape index (κ2) is 4.88. The Balaban J connectivity index is 2.12. The van der Waals surface area contributed by atoms with Gasteiger partial charge in [0.2, 0.25) is 10.0 Å². The van der Waals surface area contributed by atoms with Crippen molar-refractivity contribution in [3.05, 3.63) is 36.7 Å². The normalized spacial score (nSPS) is 17.7. The molecule has 0 atom stereocenters. The molecule has 2 N–H and O–H groups in total. The third-order valence-electron chi connectivity index (χ3n) is 3.42. The standard InChI is InChI=1S/C13H15N3O2S/c17-19(18,16-8-6-14-7-9-16)13-3-1-2-11-10-15-5-4-12(11)13/h1-5,10,14H,6-9H2/p+1. The van der Waals surface area contributed by atoms with Crippen molar-refractivity contribution in [3.63, 3.8) is 0 Å². The highest BCUT2D eigenvalue weighted by Crippen LogP contribution is 2.24. The number of benzene rings is 1. The Morgan fingerprint density at radius 3 is 2.74 bits per heavy atom. The summed E-state index contributed by atoms with van der Waals surface area (Å²) < 4.78 is 27.0. The van der Waals surface area contributed by atoms with Crippen LogP contribution in [-0.2, 0) is 10.0 Å². The lowest BCUT2D eigenvalue weighted by atomic mass is 10.2. The zero-order chi connectivity index (χ0) is 13.3. The van der Waals surface area contributed by atoms with Crippen molar-refractivity contribution >= 4 is 20.8 Å². The highest BCUT2D eigenvalue weighted by molar-refractivity contribution is 7.89. The van der Waals surface area contributed by atoms with Crippen molar-refractivity contribution in [2.75, 3.05) is 26.2 Å². The first-order valence-electron chi connectivity index (χ1n) is 6.34. The molecule has 5 nitrogen and oxygen atoms in total. The van der Waals surface area contributed by atoms with Crippen LogP contribution in [0.1, 0.15) is 0 Å². The van der Waals surface area contributed by atoms with Crippen molar-refractivity contribution in [1.29, 1.82) is 0 Å². The van der Waals surface area contributed by atoms with Crippen LogP contribution in [0.2, 0.25) is 0 Å². The summed E-state index contributed by atoms with van der Waals surface area (Å²) in [5, 5.41) is 3.73. The van der Waals surface area contributed by atoms with Gasteiger partial charge in [-0.3, -0.25) is 4.98 Å². The van der Waals surface area contributed by atoms with Gasteiger partial charge < -0.3 is 5.32 Å². The van der Waals surface area contributed by atoms with Gasteiger partial charge in [0.25, 0.3) is 0 Å². The molecular formula is C13H16N3O2S+. The fourth-order valence-electron chi connectivity index (χ4n) is 2.42. The molecule has 0 saturated carbocycles. The predicted molar refractivity (Wildman–Crippen MR) is 72.2 cm³/mol. The fraction of sp³-hybridized carbons (Fsp3) is 0.308. The first-order chi connectivity index (χ1) is 9.19. The van der Waals surface area contributed by atoms with Crippen LogP contribution in [0.15, 0.2) is 41.6 Å². The summed E-state index contributed by atoms with van der Waals surface area (Å²) in [6.07, 6.45) is 3.32. The number of hydrogen-bond acceptors (Lipinski definition) is 3. The third-order valence-corrected chi connectivity index (χ3v) is 5.38. The number of rotatable bonds is 2. The summed E-state index contributed by atoms with van der Waals surface area (Å²) in [4.78, 5) is 4.42. The number of pyridine rings is 1. The Labute approximate surface area is 112 Å². The smallest absolute Gasteiger partial charge is 0.244 e. The van der Waals surface area contributed by atoms with Gasteiger partial charge in [-0.15, -0.1) is 0 Å². The van der Waals surface area contributed by atoms with Crippen molar-refractivity contribution in [3.8, 4) is 0 Å². The maximum absolute atomic E-state index is 12.7. The van der Waals surface area contributed by atoms with Gasteiger partial charge in [0.05, 0.1) is 31.1 Å². The Kier molecular flexibility index (Phi) is 3.22. The number of nitrogens with zero attached hydrogens (tertiary/aromatic N) is 2. The van der Waals surface area contributed by atoms with Crippen molar-refractivity contribution in [2.45, 2.75) is 4.90 Å². The Morgan fingerprint density at radius 1 is 1.16 bits per heavy atom. The van der Waals surface area contributed by atoms with E-state index >= 15 is 0 Å². The van der Waals surface area contributed by atoms with Crippen LogP contribution in [0.5, 0.6) is 0 Å². The van der Waals surface area contributed by atoms with E-state index in [1.807, 2.05) is 6.07 Å². The van der Waals surface area contributed by atoms with E-state index in [1.165, 1.54) is 0 Å². The summed E-state index contributed by atoms with van der Waals surface area (Å²) >= 11 is 0. The van der Waals surface area contributed by atoms with Gasteiger partial charge in [-0.05, 0) is 12.1 Å². The average molecular weight is 278 g/mol. The van der Waals surface area contributed by atoms with Crippen LogP contribution in [-0.4, -0.2) is 43.9 Å². The molecule has 0 radical (unpaired) electrons. The number of hydrogen-bond donors (Lipinski definition) is 1. The Morgan fingerprint density at radius 2 is 1.95 bits per heavy atom. The first-order valence-corrected chi connectivity index (χ1v) is 7.78. The molecule has 6 heteroatoms. The van der Waals surface area contributed by atoms with E-state index in [4.69, 9.17) is 0 Å². The summed E-state index contributed by atoms with van der Waals surface area (Å²) in [6, 6.07) is 7.09. The van der Waals surface area contributed by atoms with Crippen LogP contribution in [0, 0.1) is 0 Å². The summed E-state index contributed by atoms with van der Waals surface area (Å²) in [7, 11) is -3.40. The second-order valence-electron chi connectivity index (χ2n) is 4.62. The maximum Gasteiger partial charge on any atom is 0.244 e. The van der Waals surface area contributed by atoms with E-state index in [-0.39, 0.29) is 0 Å². The van der Waals surface area contributed by atoms with Crippen molar-refractivity contribution in [1.82, 2.24) is 9.29 Å². The van der Waals surface area contributed by atoms with Gasteiger partial charge in [-0.1, -0.05) is 12.1 Å². The summed E-state index contributed by atoms with van der Waals surface area (Å²) in [5.74, 6) is 0. The number of sulfonamides is 1. The van der Waals surface area contributed by atoms with Gasteiger partial charge in [-0.25, -0.2) is 8.42 Å². The largest absolute Gasteiger partial charge is 0.344 e. The van der Waals surface area contributed by atoms with Gasteiger partial charge >= 0.3 is 0 Å². The summed E-state index contributed by atoms with van der Waals surface area (Å²) in [6.45, 7) is 2.80. The molecule has 1 aromatic heterocycles. The molecule has 0 spiro atoms. The average Bonchev–Trinajstić information content (AvgIpc) is 2.47. The molecule has 19 heavy (non-hydrogen) atoms. The molecule has 2 aromatic rings. The molecule has 0 unspecified atom stereocenters. The topological polar surface area (TPSA) is 66.9 Å². The van der Waals surface area contributed by atoms with E-state index in [1.54, 1.807) is 34.9 Å². The van der Waals surface area contributed by atoms with E-state index in [0.29, 0.717) is 18.0 Å². The highest BCUT2D eigenvalue weighted by Gasteiger charge is 2.28. The van der Waals surface area contributed by atoms with E-state index in [9.17, 15) is 8.42 Å². The van der Waals surface area contributed by atoms with Crippen LogP contribution in [0.4, 0.5) is 0 Å². The third kappa shape index (κ3) is 2.22. The SMILES string of the molecule is O=S(=O)(c1cccc2cnccc12)N1CC[NH2+]CC1. The van der Waals surface area contributed by atoms with Crippen LogP contribution >= 0.6 is 0 Å². The van der Waals surface area contributed by atoms with E-state index in [0.717, 1.165) is 23.9 Å². The molecule has 0 bridgehead atoms. The van der Waals surface area contributed by atoms with E-state index < -0.39 is 10.0 Å². The van der Waals surface area contributed by atoms with Crippen molar-refractivity contribution < 1.29 is 13.7 Å². The quantitative estimate of drug-likeness (QED) is 0.827. The molecular weight excluding hydrogens is 262 g/mol. The first kappa shape index (κ1) is 12.5. The Bertz CT molecular complexity index is 689. The molecule has 0 amide bonds. The number of aromatic nitrogens is 1. The van der Waals surface area contributed by atoms with Gasteiger partial charge in [0.1, 0.15) is 0 Å². The minimum Gasteiger partial charge on any atom is -0.344 e. The van der Waals surface area contributed by atoms with Gasteiger partial charge in [-0.2, -0.15) is 4.31 Å². The van der Waals surface area contributed by atoms with Gasteiger partial charge in [0.15, 0.2) is 0 Å². The molecule has 1 saturated heterocycles. The predicted octanol–water partition coefficient (Wildman–Crippen LogP) is -0.197. The van der Waals surface area contributed by atoms with Crippen LogP contribution < -0.4 is 5.32 Å². The monoisotopic (exact) mass is 278 g/mol. The molecule has 1 aliphatic rings. The van der Waals surface area contributed by atoms with Crippen LogP contribution in [0.3, 0.4) is 0 Å². The van der Waals surface area contributed by atoms with Crippen LogP contribution in [0.25, 0.3) is 10.8 Å². The number of quaternary nitrogens is 1. The zero-order valence-corrected chi connectivity index (χ0v) is 11.3. The number of piperazine rings is 1. The molecule has 1 aliphatic heterocycles. The number of nitrogens with two attached hydrogens (primary N) is 1. The highest BCUT2D eigenvalue weighted by atomic mass is 32.2. The van der Waals surface area contributed by atoms with Gasteiger partial charge in [0, 0.05) is 23.2 Å². The lowest BCUT2D eigenvalue weighted by Crippen LogP contribution is -2.89. The van der Waals surface area contributed by atoms with Crippen molar-refractivity contribution in [2.24, 2.45) is 0 Å². The molecule has 2 heterocycles. The zero-order valence-electron chi connectivity index (χ0n) is 10.5. The number of fused-ring (bicyclic) bond motifs is 1. The molecule has 1 fully saturated rings. The van der Waals surface area contributed by atoms with E-state index in [2.05, 4.69) is 10.3 Å². The molecule has 3 rings (SSSR count). The Hall–Kier alpha value is -1.50. The molecule has 0 aliphatic carbocycles. The summed E-state index contributed by atoms with van der Waals surface area (Å²) in [5.41, 5.74) is 0. The minimum absolute atomic E-state index is 0.384. The molecule has 1 aromatic carbocycles. The lowest BCUT2D eigenvalue weighted by molar-refractivity contribution is -0.661. The second-order valence-corrected chi connectivity index (χ2v) is 6.53. The molecule has 100 valence electrons. The minimum atomic E-state index is -3.40. The fourth-order valence-corrected chi connectivity index (χ4v) is 4.11. The lowest BCUT2D eigenvalue weighted by Gasteiger charge is -2.25. The maximum atomic E-state index is 12.7.